The summed E-state index contributed by atoms with van der Waals surface area (Å²) in [6, 6.07) is 12.1. The number of fused-ring (bicyclic) bond motifs is 1. The number of halogens is 4. The number of nitrogen functional groups attached to an aromatic ring is 1. The molecule has 5 rings (SSSR count). The fourth-order valence-electron chi connectivity index (χ4n) is 5.91. The number of sulfone groups is 1. The summed E-state index contributed by atoms with van der Waals surface area (Å²) in [5.74, 6) is -3.26. The predicted molar refractivity (Wildman–Crippen MR) is 194 cm³/mol. The SMILES string of the molecule is COC(=O)Nc1ccc(S(=O)(=O)C(C)C)c([C@H]2CCCN2C(=O)[C@@H](Nc2ccc3c(N)nccc3c2)c2cc(OC)c(OC)cc2F)c1.O=C(O)C(F)(F)F. The van der Waals surface area contributed by atoms with Crippen LogP contribution in [0.15, 0.2) is 65.7 Å². The number of carboxylic acid groups (broad SMARTS) is 1. The highest BCUT2D eigenvalue weighted by Gasteiger charge is 2.40. The number of carbonyl (C=O) groups is 3. The molecule has 4 aromatic rings. The van der Waals surface area contributed by atoms with E-state index in [1.165, 1.54) is 39.5 Å². The number of alkyl halides is 3. The van der Waals surface area contributed by atoms with Crippen LogP contribution in [-0.4, -0.2) is 80.7 Å². The zero-order valence-electron chi connectivity index (χ0n) is 30.2. The Labute approximate surface area is 313 Å². The summed E-state index contributed by atoms with van der Waals surface area (Å²) in [5, 5.41) is 13.6. The van der Waals surface area contributed by atoms with Gasteiger partial charge in [-0.25, -0.2) is 27.4 Å². The van der Waals surface area contributed by atoms with Gasteiger partial charge in [0.05, 0.1) is 37.5 Å². The van der Waals surface area contributed by atoms with Crippen LogP contribution in [0, 0.1) is 5.82 Å². The molecule has 1 saturated heterocycles. The van der Waals surface area contributed by atoms with E-state index in [-0.39, 0.29) is 28.5 Å². The summed E-state index contributed by atoms with van der Waals surface area (Å²) < 4.78 is 90.2. The second-order valence-electron chi connectivity index (χ2n) is 12.4. The number of ether oxygens (including phenoxy) is 3. The summed E-state index contributed by atoms with van der Waals surface area (Å²) in [4.78, 5) is 41.4. The number of hydrogen-bond acceptors (Lipinski definition) is 11. The number of pyridine rings is 1. The van der Waals surface area contributed by atoms with Gasteiger partial charge in [0.15, 0.2) is 21.3 Å². The molecule has 1 aliphatic rings. The van der Waals surface area contributed by atoms with E-state index in [1.54, 1.807) is 55.3 Å². The Morgan fingerprint density at radius 3 is 2.22 bits per heavy atom. The number of carboxylic acids is 1. The molecule has 0 saturated carbocycles. The van der Waals surface area contributed by atoms with E-state index in [9.17, 15) is 31.2 Å². The molecule has 0 radical (unpaired) electrons. The Morgan fingerprint density at radius 1 is 0.982 bits per heavy atom. The number of nitrogens with one attached hydrogen (secondary N) is 2. The third-order valence-electron chi connectivity index (χ3n) is 8.67. The Hall–Kier alpha value is -5.85. The lowest BCUT2D eigenvalue weighted by Crippen LogP contribution is -2.38. The highest BCUT2D eigenvalue weighted by Crippen LogP contribution is 2.41. The number of carbonyl (C=O) groups excluding carboxylic acids is 2. The second kappa shape index (κ2) is 17.1. The van der Waals surface area contributed by atoms with Gasteiger partial charge in [-0.2, -0.15) is 13.2 Å². The minimum atomic E-state index is -5.08. The average Bonchev–Trinajstić information content (AvgIpc) is 3.63. The van der Waals surface area contributed by atoms with Crippen molar-refractivity contribution in [2.75, 3.05) is 44.2 Å². The topological polar surface area (TPSA) is 199 Å². The lowest BCUT2D eigenvalue weighted by atomic mass is 10.00. The molecule has 1 fully saturated rings. The molecule has 2 atom stereocenters. The van der Waals surface area contributed by atoms with Gasteiger partial charge in [-0.1, -0.05) is 0 Å². The van der Waals surface area contributed by atoms with Gasteiger partial charge < -0.3 is 35.3 Å². The van der Waals surface area contributed by atoms with Crippen LogP contribution in [0.1, 0.15) is 49.9 Å². The van der Waals surface area contributed by atoms with Crippen LogP contribution in [0.3, 0.4) is 0 Å². The van der Waals surface area contributed by atoms with E-state index in [0.717, 1.165) is 11.5 Å². The molecule has 2 heterocycles. The van der Waals surface area contributed by atoms with E-state index in [1.807, 2.05) is 0 Å². The van der Waals surface area contributed by atoms with Gasteiger partial charge in [0, 0.05) is 41.1 Å². The second-order valence-corrected chi connectivity index (χ2v) is 14.9. The van der Waals surface area contributed by atoms with Crippen LogP contribution in [-0.2, 0) is 24.2 Å². The maximum Gasteiger partial charge on any atom is 0.490 e. The largest absolute Gasteiger partial charge is 0.493 e. The molecule has 55 heavy (non-hydrogen) atoms. The zero-order valence-corrected chi connectivity index (χ0v) is 31.0. The molecule has 0 unspecified atom stereocenters. The molecule has 1 aliphatic heterocycles. The number of hydrogen-bond donors (Lipinski definition) is 4. The Morgan fingerprint density at radius 2 is 1.62 bits per heavy atom. The average molecular weight is 794 g/mol. The van der Waals surface area contributed by atoms with Crippen LogP contribution in [0.5, 0.6) is 11.5 Å². The van der Waals surface area contributed by atoms with Crippen molar-refractivity contribution in [3.05, 3.63) is 77.7 Å². The highest BCUT2D eigenvalue weighted by molar-refractivity contribution is 7.92. The van der Waals surface area contributed by atoms with E-state index in [2.05, 4.69) is 15.6 Å². The molecular formula is C36H39F4N5O9S. The first-order valence-electron chi connectivity index (χ1n) is 16.5. The zero-order chi connectivity index (χ0) is 40.8. The number of aromatic nitrogens is 1. The molecule has 2 amide bonds. The number of aliphatic carboxylic acids is 1. The van der Waals surface area contributed by atoms with Crippen molar-refractivity contribution in [1.82, 2.24) is 9.88 Å². The fraction of sp³-hybridized carbons (Fsp3) is 0.333. The number of likely N-dealkylation sites (tertiary alicyclic amines) is 1. The van der Waals surface area contributed by atoms with Crippen molar-refractivity contribution < 1.29 is 59.7 Å². The molecule has 14 nitrogen and oxygen atoms in total. The number of nitrogens with two attached hydrogens (primary N) is 1. The molecule has 0 aliphatic carbocycles. The molecule has 5 N–H and O–H groups in total. The molecule has 296 valence electrons. The number of anilines is 3. The highest BCUT2D eigenvalue weighted by atomic mass is 32.2. The van der Waals surface area contributed by atoms with Crippen molar-refractivity contribution in [1.29, 1.82) is 0 Å². The van der Waals surface area contributed by atoms with Gasteiger partial charge >= 0.3 is 18.2 Å². The lowest BCUT2D eigenvalue weighted by Gasteiger charge is -2.32. The van der Waals surface area contributed by atoms with E-state index < -0.39 is 57.1 Å². The summed E-state index contributed by atoms with van der Waals surface area (Å²) in [7, 11) is 0.192. The molecule has 0 bridgehead atoms. The van der Waals surface area contributed by atoms with Crippen molar-refractivity contribution in [3.8, 4) is 11.5 Å². The van der Waals surface area contributed by atoms with Gasteiger partial charge in [0.2, 0.25) is 5.91 Å². The summed E-state index contributed by atoms with van der Waals surface area (Å²) in [5.41, 5.74) is 7.18. The predicted octanol–water partition coefficient (Wildman–Crippen LogP) is 6.48. The van der Waals surface area contributed by atoms with Gasteiger partial charge in [0.1, 0.15) is 17.7 Å². The standard InChI is InChI=1S/C34H38FN5O7S.C2HF3O2/c1-19(2)48(43,44)30-11-9-22(39-34(42)47-5)16-25(30)27-7-6-14-40(27)33(41)31(24-17-28(45-3)29(46-4)18-26(24)35)38-21-8-10-23-20(15-21)12-13-37-32(23)36;3-2(4,5)1(6)7/h8-13,15-19,27,31,38H,6-7,14H2,1-5H3,(H2,36,37)(H,39,42);(H,6,7)/t27-,31+;/m1./s1. The van der Waals surface area contributed by atoms with Gasteiger partial charge in [-0.05, 0) is 86.2 Å². The number of rotatable bonds is 10. The lowest BCUT2D eigenvalue weighted by molar-refractivity contribution is -0.192. The van der Waals surface area contributed by atoms with Crippen LogP contribution >= 0.6 is 0 Å². The van der Waals surface area contributed by atoms with Crippen molar-refractivity contribution in [2.24, 2.45) is 0 Å². The fourth-order valence-corrected chi connectivity index (χ4v) is 7.20. The third-order valence-corrected chi connectivity index (χ3v) is 10.9. The molecule has 1 aromatic heterocycles. The maximum atomic E-state index is 15.9. The first-order chi connectivity index (χ1) is 25.8. The molecular weight excluding hydrogens is 754 g/mol. The minimum Gasteiger partial charge on any atom is -0.493 e. The normalized spacial score (nSPS) is 14.8. The quantitative estimate of drug-likeness (QED) is 0.128. The number of benzene rings is 3. The van der Waals surface area contributed by atoms with Crippen molar-refractivity contribution >= 4 is 55.8 Å². The van der Waals surface area contributed by atoms with Crippen LogP contribution < -0.4 is 25.8 Å². The smallest absolute Gasteiger partial charge is 0.490 e. The third kappa shape index (κ3) is 9.45. The number of nitrogens with zero attached hydrogens (tertiary/aromatic N) is 2. The van der Waals surface area contributed by atoms with Gasteiger partial charge in [-0.3, -0.25) is 10.1 Å². The summed E-state index contributed by atoms with van der Waals surface area (Å²) in [6.07, 6.45) is -3.27. The van der Waals surface area contributed by atoms with Crippen molar-refractivity contribution in [3.63, 3.8) is 0 Å². The first-order valence-corrected chi connectivity index (χ1v) is 18.0. The molecule has 19 heteroatoms. The Bertz CT molecular complexity index is 2190. The van der Waals surface area contributed by atoms with Crippen LogP contribution in [0.25, 0.3) is 10.8 Å². The van der Waals surface area contributed by atoms with Gasteiger partial charge in [-0.15, -0.1) is 0 Å². The van der Waals surface area contributed by atoms with Gasteiger partial charge in [0.25, 0.3) is 0 Å². The molecule has 3 aromatic carbocycles. The van der Waals surface area contributed by atoms with Crippen LogP contribution in [0.4, 0.5) is 39.5 Å². The van der Waals surface area contributed by atoms with E-state index >= 15 is 4.39 Å². The van der Waals surface area contributed by atoms with E-state index in [0.29, 0.717) is 41.0 Å². The summed E-state index contributed by atoms with van der Waals surface area (Å²) >= 11 is 0. The maximum absolute atomic E-state index is 15.9. The van der Waals surface area contributed by atoms with E-state index in [4.69, 9.17) is 29.8 Å². The first kappa shape index (κ1) is 41.9. The number of methoxy groups -OCH3 is 3. The van der Waals surface area contributed by atoms with Crippen LogP contribution in [0.2, 0.25) is 0 Å². The number of amides is 2. The Kier molecular flexibility index (Phi) is 13.0. The summed E-state index contributed by atoms with van der Waals surface area (Å²) in [6.45, 7) is 3.42. The monoisotopic (exact) mass is 793 g/mol. The van der Waals surface area contributed by atoms with Crippen molar-refractivity contribution in [2.45, 2.75) is 55.1 Å². The molecule has 0 spiro atoms. The Balaban J connectivity index is 0.000000876. The minimum absolute atomic E-state index is 0.00577.